The lowest BCUT2D eigenvalue weighted by atomic mass is 9.70. The molecule has 0 amide bonds. The molecule has 0 radical (unpaired) electrons. The lowest BCUT2D eigenvalue weighted by molar-refractivity contribution is 0.0697. The Bertz CT molecular complexity index is 1280. The predicted molar refractivity (Wildman–Crippen MR) is 125 cm³/mol. The number of rotatable bonds is 5. The number of imidazole rings is 1. The molecule has 0 saturated heterocycles. The molecular weight excluding hydrogens is 426 g/mol. The van der Waals surface area contributed by atoms with E-state index in [0.717, 1.165) is 30.5 Å². The Morgan fingerprint density at radius 1 is 1.16 bits per heavy atom. The van der Waals surface area contributed by atoms with E-state index in [2.05, 4.69) is 30.7 Å². The number of fused-ring (bicyclic) bond motifs is 1. The molecule has 1 aromatic heterocycles. The molecule has 0 bridgehead atoms. The molecule has 1 saturated carbocycles. The van der Waals surface area contributed by atoms with Gasteiger partial charge in [0.15, 0.2) is 9.84 Å². The first kappa shape index (κ1) is 22.3. The van der Waals surface area contributed by atoms with Crippen LogP contribution in [0.25, 0.3) is 11.0 Å². The number of aromatic nitrogens is 2. The first-order valence-corrected chi connectivity index (χ1v) is 12.6. The molecule has 170 valence electrons. The van der Waals surface area contributed by atoms with Crippen LogP contribution in [-0.4, -0.2) is 35.3 Å². The molecule has 32 heavy (non-hydrogen) atoms. The van der Waals surface area contributed by atoms with Gasteiger partial charge in [0.25, 0.3) is 0 Å². The van der Waals surface area contributed by atoms with E-state index in [4.69, 9.17) is 4.98 Å². The van der Waals surface area contributed by atoms with E-state index < -0.39 is 15.8 Å². The van der Waals surface area contributed by atoms with Gasteiger partial charge in [-0.25, -0.2) is 18.2 Å². The predicted octanol–water partition coefficient (Wildman–Crippen LogP) is 5.27. The monoisotopic (exact) mass is 455 g/mol. The maximum absolute atomic E-state index is 11.8. The molecule has 2 N–H and O–H groups in total. The van der Waals surface area contributed by atoms with Gasteiger partial charge in [-0.1, -0.05) is 20.8 Å². The molecule has 0 aliphatic heterocycles. The number of hydrogen-bond donors (Lipinski definition) is 2. The average Bonchev–Trinajstić information content (AvgIpc) is 3.03. The van der Waals surface area contributed by atoms with E-state index in [1.807, 2.05) is 6.07 Å². The Labute approximate surface area is 188 Å². The van der Waals surface area contributed by atoms with Gasteiger partial charge in [-0.05, 0) is 73.1 Å². The van der Waals surface area contributed by atoms with Crippen molar-refractivity contribution in [2.45, 2.75) is 51.0 Å². The van der Waals surface area contributed by atoms with Gasteiger partial charge in [-0.15, -0.1) is 0 Å². The summed E-state index contributed by atoms with van der Waals surface area (Å²) in [6, 6.07) is 11.8. The molecule has 2 aromatic carbocycles. The molecule has 4 rings (SSSR count). The minimum absolute atomic E-state index is 0.189. The Balaban J connectivity index is 1.79. The summed E-state index contributed by atoms with van der Waals surface area (Å²) in [5, 5.41) is 12.7. The van der Waals surface area contributed by atoms with Gasteiger partial charge in [-0.3, -0.25) is 0 Å². The number of carboxylic acids is 1. The van der Waals surface area contributed by atoms with Crippen LogP contribution in [0.5, 0.6) is 0 Å². The number of nitrogens with one attached hydrogen (secondary N) is 1. The van der Waals surface area contributed by atoms with E-state index in [1.54, 1.807) is 36.4 Å². The topological polar surface area (TPSA) is 101 Å². The van der Waals surface area contributed by atoms with Crippen LogP contribution in [0.3, 0.4) is 0 Å². The maximum atomic E-state index is 11.8. The third-order valence-electron chi connectivity index (χ3n) is 6.20. The number of nitrogens with zero attached hydrogens (tertiary/aromatic N) is 2. The van der Waals surface area contributed by atoms with Gasteiger partial charge < -0.3 is 15.0 Å². The van der Waals surface area contributed by atoms with Crippen molar-refractivity contribution >= 4 is 38.5 Å². The second-order valence-electron chi connectivity index (χ2n) is 9.80. The smallest absolute Gasteiger partial charge is 0.335 e. The Hall–Kier alpha value is -2.87. The van der Waals surface area contributed by atoms with Crippen LogP contribution in [0.1, 0.15) is 56.4 Å². The third-order valence-corrected chi connectivity index (χ3v) is 7.33. The van der Waals surface area contributed by atoms with E-state index in [9.17, 15) is 18.3 Å². The Morgan fingerprint density at radius 2 is 1.84 bits per heavy atom. The van der Waals surface area contributed by atoms with Crippen molar-refractivity contribution < 1.29 is 18.3 Å². The van der Waals surface area contributed by atoms with Crippen molar-refractivity contribution in [3.05, 3.63) is 48.0 Å². The highest BCUT2D eigenvalue weighted by molar-refractivity contribution is 7.90. The van der Waals surface area contributed by atoms with Gasteiger partial charge in [0.05, 0.1) is 21.5 Å². The van der Waals surface area contributed by atoms with Gasteiger partial charge in [-0.2, -0.15) is 0 Å². The average molecular weight is 456 g/mol. The minimum atomic E-state index is -3.27. The maximum Gasteiger partial charge on any atom is 0.335 e. The normalized spacial score (nSPS) is 20.9. The summed E-state index contributed by atoms with van der Waals surface area (Å²) in [4.78, 5) is 16.5. The number of hydrogen-bond acceptors (Lipinski definition) is 5. The molecule has 1 aliphatic carbocycles. The summed E-state index contributed by atoms with van der Waals surface area (Å²) in [5.41, 5.74) is 2.62. The van der Waals surface area contributed by atoms with Crippen molar-refractivity contribution in [1.29, 1.82) is 0 Å². The number of aromatic carboxylic acids is 1. The van der Waals surface area contributed by atoms with Gasteiger partial charge in [0.2, 0.25) is 5.95 Å². The van der Waals surface area contributed by atoms with Crippen molar-refractivity contribution in [1.82, 2.24) is 9.55 Å². The fraction of sp³-hybridized carbons (Fsp3) is 0.417. The summed E-state index contributed by atoms with van der Waals surface area (Å²) >= 11 is 0. The highest BCUT2D eigenvalue weighted by Crippen LogP contribution is 2.46. The number of anilines is 2. The molecule has 0 spiro atoms. The van der Waals surface area contributed by atoms with Crippen LogP contribution >= 0.6 is 0 Å². The lowest BCUT2D eigenvalue weighted by Crippen LogP contribution is -2.29. The van der Waals surface area contributed by atoms with E-state index >= 15 is 0 Å². The summed E-state index contributed by atoms with van der Waals surface area (Å²) in [7, 11) is -3.27. The highest BCUT2D eigenvalue weighted by atomic mass is 32.2. The molecule has 1 heterocycles. The summed E-state index contributed by atoms with van der Waals surface area (Å²) in [6.45, 7) is 6.84. The van der Waals surface area contributed by atoms with E-state index in [0.29, 0.717) is 17.4 Å². The Kier molecular flexibility index (Phi) is 5.53. The third kappa shape index (κ3) is 4.50. The second-order valence-corrected chi connectivity index (χ2v) is 11.8. The van der Waals surface area contributed by atoms with Crippen LogP contribution in [0, 0.1) is 11.3 Å². The first-order valence-electron chi connectivity index (χ1n) is 10.8. The first-order chi connectivity index (χ1) is 14.9. The summed E-state index contributed by atoms with van der Waals surface area (Å²) < 4.78 is 25.7. The number of carboxylic acid groups (broad SMARTS) is 1. The number of carbonyl (C=O) groups is 1. The van der Waals surface area contributed by atoms with Gasteiger partial charge >= 0.3 is 5.97 Å². The fourth-order valence-corrected chi connectivity index (χ4v) is 5.73. The molecular formula is C24H29N3O4S. The molecule has 3 aromatic rings. The summed E-state index contributed by atoms with van der Waals surface area (Å²) in [6.07, 6.45) is 4.35. The van der Waals surface area contributed by atoms with Gasteiger partial charge in [0, 0.05) is 18.0 Å². The van der Waals surface area contributed by atoms with Crippen LogP contribution in [0.15, 0.2) is 47.4 Å². The van der Waals surface area contributed by atoms with Crippen LogP contribution in [0.2, 0.25) is 0 Å². The fourth-order valence-electron chi connectivity index (χ4n) is 5.10. The summed E-state index contributed by atoms with van der Waals surface area (Å²) in [5.74, 6) is 0.200. The SMILES string of the molecule is CC1CC(n2c(Nc3ccc(S(C)(=O)=O)cc3)nc3cc(C(=O)O)ccc32)CC(C)(C)C1. The molecule has 8 heteroatoms. The zero-order valence-electron chi connectivity index (χ0n) is 18.8. The van der Waals surface area contributed by atoms with Gasteiger partial charge in [0.1, 0.15) is 0 Å². The van der Waals surface area contributed by atoms with Crippen molar-refractivity contribution in [2.24, 2.45) is 11.3 Å². The zero-order chi connectivity index (χ0) is 23.3. The van der Waals surface area contributed by atoms with Crippen LogP contribution < -0.4 is 5.32 Å². The van der Waals surface area contributed by atoms with Crippen molar-refractivity contribution in [3.8, 4) is 0 Å². The molecule has 2 unspecified atom stereocenters. The van der Waals surface area contributed by atoms with Crippen molar-refractivity contribution in [3.63, 3.8) is 0 Å². The highest BCUT2D eigenvalue weighted by Gasteiger charge is 2.34. The number of sulfone groups is 1. The van der Waals surface area contributed by atoms with E-state index in [1.165, 1.54) is 6.26 Å². The largest absolute Gasteiger partial charge is 0.478 e. The lowest BCUT2D eigenvalue weighted by Gasteiger charge is -2.40. The van der Waals surface area contributed by atoms with E-state index in [-0.39, 0.29) is 21.9 Å². The number of benzene rings is 2. The second kappa shape index (κ2) is 7.92. The van der Waals surface area contributed by atoms with Crippen LogP contribution in [-0.2, 0) is 9.84 Å². The zero-order valence-corrected chi connectivity index (χ0v) is 19.6. The molecule has 7 nitrogen and oxygen atoms in total. The molecule has 1 fully saturated rings. The Morgan fingerprint density at radius 3 is 2.44 bits per heavy atom. The quantitative estimate of drug-likeness (QED) is 0.543. The molecule has 2 atom stereocenters. The minimum Gasteiger partial charge on any atom is -0.478 e. The standard InChI is InChI=1S/C24H29N3O4S/c1-15-11-18(14-24(2,3)13-15)27-21-10-5-16(22(28)29)12-20(21)26-23(27)25-17-6-8-19(9-7-17)32(4,30)31/h5-10,12,15,18H,11,13-14H2,1-4H3,(H,25,26)(H,28,29). The van der Waals surface area contributed by atoms with Crippen LogP contribution in [0.4, 0.5) is 11.6 Å². The molecule has 1 aliphatic rings. The van der Waals surface area contributed by atoms with Crippen molar-refractivity contribution in [2.75, 3.05) is 11.6 Å².